The Kier molecular flexibility index (Phi) is 7.72. The molecule has 0 spiro atoms. The van der Waals surface area contributed by atoms with Crippen LogP contribution in [0.15, 0.2) is 29.2 Å². The molecule has 0 aromatic heterocycles. The van der Waals surface area contributed by atoms with E-state index in [2.05, 4.69) is 12.2 Å². The quantitative estimate of drug-likeness (QED) is 0.711. The van der Waals surface area contributed by atoms with E-state index in [0.717, 1.165) is 12.8 Å². The van der Waals surface area contributed by atoms with Gasteiger partial charge in [-0.25, -0.2) is 8.42 Å². The number of hydrogen-bond acceptors (Lipinski definition) is 5. The van der Waals surface area contributed by atoms with Crippen molar-refractivity contribution in [3.63, 3.8) is 0 Å². The average molecular weight is 452 g/mol. The molecule has 2 aliphatic rings. The summed E-state index contributed by atoms with van der Waals surface area (Å²) in [7, 11) is -3.70. The zero-order valence-electron chi connectivity index (χ0n) is 18.5. The lowest BCUT2D eigenvalue weighted by molar-refractivity contribution is -0.135. The molecule has 0 aliphatic carbocycles. The van der Waals surface area contributed by atoms with Crippen LogP contribution in [-0.4, -0.2) is 74.9 Å². The second-order valence-corrected chi connectivity index (χ2v) is 10.7. The maximum Gasteiger partial charge on any atom is 0.251 e. The fourth-order valence-electron chi connectivity index (χ4n) is 3.90. The molecule has 1 N–H and O–H groups in total. The first-order chi connectivity index (χ1) is 14.7. The van der Waals surface area contributed by atoms with Gasteiger partial charge in [-0.1, -0.05) is 26.8 Å². The Morgan fingerprint density at radius 1 is 1.10 bits per heavy atom. The summed E-state index contributed by atoms with van der Waals surface area (Å²) in [4.78, 5) is 27.9. The fraction of sp³-hybridized carbons (Fsp3) is 0.636. The van der Waals surface area contributed by atoms with Crippen LogP contribution in [0.2, 0.25) is 0 Å². The first kappa shape index (κ1) is 23.7. The Bertz CT molecular complexity index is 888. The molecule has 8 nitrogen and oxygen atoms in total. The van der Waals surface area contributed by atoms with Gasteiger partial charge in [-0.05, 0) is 42.9 Å². The molecule has 2 amide bonds. The van der Waals surface area contributed by atoms with Gasteiger partial charge in [-0.3, -0.25) is 9.59 Å². The average Bonchev–Trinajstić information content (AvgIpc) is 2.78. The van der Waals surface area contributed by atoms with E-state index in [4.69, 9.17) is 4.74 Å². The van der Waals surface area contributed by atoms with E-state index in [1.165, 1.54) is 16.4 Å². The van der Waals surface area contributed by atoms with Crippen LogP contribution in [0.1, 0.15) is 44.0 Å². The number of nitrogens with zero attached hydrogens (tertiary/aromatic N) is 2. The van der Waals surface area contributed by atoms with Gasteiger partial charge >= 0.3 is 0 Å². The largest absolute Gasteiger partial charge is 0.379 e. The van der Waals surface area contributed by atoms with Gasteiger partial charge in [0.2, 0.25) is 15.9 Å². The Morgan fingerprint density at radius 3 is 2.35 bits per heavy atom. The molecule has 31 heavy (non-hydrogen) atoms. The monoisotopic (exact) mass is 451 g/mol. The molecule has 0 unspecified atom stereocenters. The molecular weight excluding hydrogens is 418 g/mol. The smallest absolute Gasteiger partial charge is 0.251 e. The van der Waals surface area contributed by atoms with Crippen molar-refractivity contribution in [2.75, 3.05) is 39.4 Å². The third-order valence-corrected chi connectivity index (χ3v) is 7.91. The van der Waals surface area contributed by atoms with E-state index in [1.54, 1.807) is 12.1 Å². The number of morpholine rings is 1. The lowest BCUT2D eigenvalue weighted by atomic mass is 9.96. The number of carbonyl (C=O) groups excluding carboxylic acids is 2. The van der Waals surface area contributed by atoms with Gasteiger partial charge in [-0.15, -0.1) is 0 Å². The number of nitrogens with one attached hydrogen (secondary N) is 1. The van der Waals surface area contributed by atoms with Crippen molar-refractivity contribution in [3.05, 3.63) is 29.8 Å². The van der Waals surface area contributed by atoms with Gasteiger partial charge in [0.25, 0.3) is 5.91 Å². The number of sulfonamides is 1. The molecule has 2 saturated heterocycles. The van der Waals surface area contributed by atoms with Gasteiger partial charge in [0.15, 0.2) is 0 Å². The molecule has 0 saturated carbocycles. The molecule has 172 valence electrons. The number of amides is 2. The van der Waals surface area contributed by atoms with Crippen LogP contribution in [0.4, 0.5) is 0 Å². The Labute approximate surface area is 185 Å². The summed E-state index contributed by atoms with van der Waals surface area (Å²) in [5.74, 6) is -0.00726. The minimum Gasteiger partial charge on any atom is -0.379 e. The molecule has 0 bridgehead atoms. The van der Waals surface area contributed by atoms with Crippen LogP contribution < -0.4 is 5.32 Å². The number of piperidine rings is 1. The van der Waals surface area contributed by atoms with E-state index in [1.807, 2.05) is 18.7 Å². The number of benzene rings is 1. The minimum atomic E-state index is -3.70. The predicted molar refractivity (Wildman–Crippen MR) is 117 cm³/mol. The highest BCUT2D eigenvalue weighted by atomic mass is 32.2. The van der Waals surface area contributed by atoms with Crippen molar-refractivity contribution in [2.24, 2.45) is 11.8 Å². The molecule has 1 atom stereocenters. The highest BCUT2D eigenvalue weighted by Crippen LogP contribution is 2.20. The van der Waals surface area contributed by atoms with Gasteiger partial charge in [-0.2, -0.15) is 4.31 Å². The van der Waals surface area contributed by atoms with Crippen molar-refractivity contribution in [1.29, 1.82) is 0 Å². The summed E-state index contributed by atoms with van der Waals surface area (Å²) in [6.07, 6.45) is 1.93. The third-order valence-electron chi connectivity index (χ3n) is 6.02. The number of hydrogen-bond donors (Lipinski definition) is 1. The second-order valence-electron chi connectivity index (χ2n) is 8.75. The topological polar surface area (TPSA) is 96.0 Å². The van der Waals surface area contributed by atoms with E-state index in [-0.39, 0.29) is 35.4 Å². The zero-order chi connectivity index (χ0) is 22.6. The lowest BCUT2D eigenvalue weighted by Gasteiger charge is -2.34. The number of carbonyl (C=O) groups is 2. The van der Waals surface area contributed by atoms with Crippen molar-refractivity contribution in [1.82, 2.24) is 14.5 Å². The summed E-state index contributed by atoms with van der Waals surface area (Å²) >= 11 is 0. The van der Waals surface area contributed by atoms with Crippen LogP contribution >= 0.6 is 0 Å². The first-order valence-electron chi connectivity index (χ1n) is 11.0. The molecule has 2 fully saturated rings. The van der Waals surface area contributed by atoms with Crippen LogP contribution in [0.3, 0.4) is 0 Å². The van der Waals surface area contributed by atoms with E-state index < -0.39 is 22.0 Å². The second kappa shape index (κ2) is 10.1. The van der Waals surface area contributed by atoms with Crippen LogP contribution in [-0.2, 0) is 19.6 Å². The summed E-state index contributed by atoms with van der Waals surface area (Å²) in [6.45, 7) is 8.66. The van der Waals surface area contributed by atoms with Crippen molar-refractivity contribution in [2.45, 2.75) is 44.6 Å². The molecule has 2 aliphatic heterocycles. The molecule has 2 heterocycles. The lowest BCUT2D eigenvalue weighted by Crippen LogP contribution is -2.52. The molecule has 3 rings (SSSR count). The predicted octanol–water partition coefficient (Wildman–Crippen LogP) is 1.72. The zero-order valence-corrected chi connectivity index (χ0v) is 19.4. The number of likely N-dealkylation sites (tertiary alicyclic amines) is 1. The highest BCUT2D eigenvalue weighted by Gasteiger charge is 2.31. The first-order valence-corrected chi connectivity index (χ1v) is 12.4. The molecule has 0 radical (unpaired) electrons. The number of rotatable bonds is 6. The summed E-state index contributed by atoms with van der Waals surface area (Å²) < 4.78 is 32.4. The summed E-state index contributed by atoms with van der Waals surface area (Å²) in [6, 6.07) is 5.34. The summed E-state index contributed by atoms with van der Waals surface area (Å²) in [5.41, 5.74) is 0.222. The molecule has 1 aromatic carbocycles. The molecular formula is C22H33N3O5S. The fourth-order valence-corrected chi connectivity index (χ4v) is 5.35. The summed E-state index contributed by atoms with van der Waals surface area (Å²) in [5, 5.41) is 2.84. The standard InChI is InChI=1S/C22H33N3O5S/c1-16(2)20(22(27)24-9-7-17(3)8-10-24)23-21(26)18-5-4-6-19(15-18)31(28,29)25-11-13-30-14-12-25/h4-6,15-17,20H,7-14H2,1-3H3,(H,23,26)/t20-/m0/s1. The Morgan fingerprint density at radius 2 is 1.74 bits per heavy atom. The van der Waals surface area contributed by atoms with Gasteiger partial charge in [0.1, 0.15) is 6.04 Å². The van der Waals surface area contributed by atoms with Crippen LogP contribution in [0.5, 0.6) is 0 Å². The van der Waals surface area contributed by atoms with Crippen molar-refractivity contribution in [3.8, 4) is 0 Å². The van der Waals surface area contributed by atoms with Crippen molar-refractivity contribution < 1.29 is 22.7 Å². The molecule has 9 heteroatoms. The van der Waals surface area contributed by atoms with E-state index in [9.17, 15) is 18.0 Å². The third kappa shape index (κ3) is 5.64. The normalized spacial score (nSPS) is 19.9. The minimum absolute atomic E-state index is 0.0690. The maximum atomic E-state index is 13.0. The van der Waals surface area contributed by atoms with E-state index >= 15 is 0 Å². The Balaban J connectivity index is 1.74. The van der Waals surface area contributed by atoms with Gasteiger partial charge < -0.3 is 15.0 Å². The van der Waals surface area contributed by atoms with Crippen LogP contribution in [0, 0.1) is 11.8 Å². The molecule has 1 aromatic rings. The number of ether oxygens (including phenoxy) is 1. The van der Waals surface area contributed by atoms with Gasteiger partial charge in [0.05, 0.1) is 18.1 Å². The van der Waals surface area contributed by atoms with Crippen LogP contribution in [0.25, 0.3) is 0 Å². The van der Waals surface area contributed by atoms with E-state index in [0.29, 0.717) is 32.2 Å². The van der Waals surface area contributed by atoms with Crippen molar-refractivity contribution >= 4 is 21.8 Å². The van der Waals surface area contributed by atoms with Gasteiger partial charge in [0, 0.05) is 31.7 Å². The SMILES string of the molecule is CC1CCN(C(=O)[C@@H](NC(=O)c2cccc(S(=O)(=O)N3CCOCC3)c2)C(C)C)CC1. The Hall–Kier alpha value is -1.97. The maximum absolute atomic E-state index is 13.0. The highest BCUT2D eigenvalue weighted by molar-refractivity contribution is 7.89.